The van der Waals surface area contributed by atoms with Gasteiger partial charge in [-0.1, -0.05) is 18.2 Å². The van der Waals surface area contributed by atoms with Crippen molar-refractivity contribution in [3.05, 3.63) is 42.4 Å². The van der Waals surface area contributed by atoms with Crippen LogP contribution >= 0.6 is 0 Å². The summed E-state index contributed by atoms with van der Waals surface area (Å²) >= 11 is 0. The van der Waals surface area contributed by atoms with Crippen molar-refractivity contribution in [1.82, 2.24) is 19.2 Å². The Kier molecular flexibility index (Phi) is 7.17. The van der Waals surface area contributed by atoms with Crippen molar-refractivity contribution in [2.45, 2.75) is 36.1 Å². The Morgan fingerprint density at radius 1 is 1.13 bits per heavy atom. The van der Waals surface area contributed by atoms with Crippen LogP contribution in [0.1, 0.15) is 25.1 Å². The van der Waals surface area contributed by atoms with Crippen LogP contribution in [0.5, 0.6) is 0 Å². The number of sulfonamides is 1. The monoisotopic (exact) mass is 468 g/mol. The fourth-order valence-electron chi connectivity index (χ4n) is 3.50. The predicted octanol–water partition coefficient (Wildman–Crippen LogP) is 1.11. The Bertz CT molecular complexity index is 1100. The predicted molar refractivity (Wildman–Crippen MR) is 116 cm³/mol. The molecular formula is C20H28N4O5S2. The number of nitrogens with one attached hydrogen (secondary N) is 1. The molecule has 1 saturated heterocycles. The quantitative estimate of drug-likeness (QED) is 0.580. The Hall–Kier alpha value is -2.24. The number of benzene rings is 1. The zero-order chi connectivity index (χ0) is 22.6. The fourth-order valence-corrected chi connectivity index (χ4v) is 6.33. The van der Waals surface area contributed by atoms with E-state index in [0.29, 0.717) is 25.1 Å². The van der Waals surface area contributed by atoms with Crippen molar-refractivity contribution in [2.75, 3.05) is 25.4 Å². The highest BCUT2D eigenvalue weighted by atomic mass is 32.2. The summed E-state index contributed by atoms with van der Waals surface area (Å²) in [7, 11) is -5.30. The highest BCUT2D eigenvalue weighted by Crippen LogP contribution is 2.23. The molecule has 1 aliphatic heterocycles. The van der Waals surface area contributed by atoms with Gasteiger partial charge in [0.1, 0.15) is 5.82 Å². The van der Waals surface area contributed by atoms with Crippen LogP contribution in [0.15, 0.2) is 46.5 Å². The van der Waals surface area contributed by atoms with Crippen molar-refractivity contribution in [1.29, 1.82) is 0 Å². The van der Waals surface area contributed by atoms with Gasteiger partial charge < -0.3 is 9.88 Å². The van der Waals surface area contributed by atoms with Gasteiger partial charge in [-0.2, -0.15) is 4.31 Å². The molecule has 1 aromatic heterocycles. The summed E-state index contributed by atoms with van der Waals surface area (Å²) in [6, 6.07) is 8.23. The highest BCUT2D eigenvalue weighted by Gasteiger charge is 2.33. The van der Waals surface area contributed by atoms with Crippen LogP contribution in [0.3, 0.4) is 0 Å². The van der Waals surface area contributed by atoms with E-state index in [-0.39, 0.29) is 47.1 Å². The molecule has 0 spiro atoms. The first-order valence-electron chi connectivity index (χ1n) is 10.2. The lowest BCUT2D eigenvalue weighted by molar-refractivity contribution is -0.126. The third kappa shape index (κ3) is 5.52. The number of imidazole rings is 1. The van der Waals surface area contributed by atoms with Crippen molar-refractivity contribution in [3.63, 3.8) is 0 Å². The molecule has 2 aromatic rings. The Balaban J connectivity index is 1.45. The zero-order valence-electron chi connectivity index (χ0n) is 17.7. The maximum atomic E-state index is 12.7. The van der Waals surface area contributed by atoms with Crippen LogP contribution < -0.4 is 5.32 Å². The second kappa shape index (κ2) is 9.49. The lowest BCUT2D eigenvalue weighted by Crippen LogP contribution is -2.43. The summed E-state index contributed by atoms with van der Waals surface area (Å²) in [6.45, 7) is 2.49. The van der Waals surface area contributed by atoms with E-state index in [1.54, 1.807) is 48.9 Å². The van der Waals surface area contributed by atoms with E-state index in [2.05, 4.69) is 10.3 Å². The summed E-state index contributed by atoms with van der Waals surface area (Å²) in [4.78, 5) is 16.8. The Morgan fingerprint density at radius 2 is 1.77 bits per heavy atom. The molecule has 0 atom stereocenters. The standard InChI is InChI=1S/C20H28N4O5S2/c1-16-22-19(15-23(16)2)31(28,29)24-12-9-17(10-13-24)20(25)21-11-6-14-30(26,27)18-7-4-3-5-8-18/h3-5,7-8,15,17H,6,9-14H2,1-2H3,(H,21,25). The molecule has 1 aromatic carbocycles. The molecule has 0 aliphatic carbocycles. The van der Waals surface area contributed by atoms with Crippen LogP contribution in [0.4, 0.5) is 0 Å². The molecule has 31 heavy (non-hydrogen) atoms. The van der Waals surface area contributed by atoms with E-state index in [0.717, 1.165) is 0 Å². The second-order valence-electron chi connectivity index (χ2n) is 7.69. The summed E-state index contributed by atoms with van der Waals surface area (Å²) in [5, 5.41) is 2.81. The van der Waals surface area contributed by atoms with Gasteiger partial charge in [0.05, 0.1) is 10.6 Å². The summed E-state index contributed by atoms with van der Waals surface area (Å²) in [5.41, 5.74) is 0. The molecule has 170 valence electrons. The second-order valence-corrected chi connectivity index (χ2v) is 11.7. The van der Waals surface area contributed by atoms with Gasteiger partial charge in [0.2, 0.25) is 5.91 Å². The largest absolute Gasteiger partial charge is 0.356 e. The first kappa shape index (κ1) is 23.4. The molecule has 1 N–H and O–H groups in total. The summed E-state index contributed by atoms with van der Waals surface area (Å²) in [5.74, 6) is 0.116. The van der Waals surface area contributed by atoms with Crippen LogP contribution in [0, 0.1) is 12.8 Å². The highest BCUT2D eigenvalue weighted by molar-refractivity contribution is 7.91. The van der Waals surface area contributed by atoms with Gasteiger partial charge >= 0.3 is 0 Å². The van der Waals surface area contributed by atoms with Crippen LogP contribution in [0.25, 0.3) is 0 Å². The first-order chi connectivity index (χ1) is 14.6. The number of piperidine rings is 1. The number of carbonyl (C=O) groups is 1. The Morgan fingerprint density at radius 3 is 2.35 bits per heavy atom. The van der Waals surface area contributed by atoms with Gasteiger partial charge in [0, 0.05) is 38.8 Å². The molecule has 1 fully saturated rings. The Labute approximate surface area is 183 Å². The molecule has 0 unspecified atom stereocenters. The SMILES string of the molecule is Cc1nc(S(=O)(=O)N2CCC(C(=O)NCCCS(=O)(=O)c3ccccc3)CC2)cn1C. The van der Waals surface area contributed by atoms with Crippen molar-refractivity contribution >= 4 is 25.8 Å². The lowest BCUT2D eigenvalue weighted by Gasteiger charge is -2.29. The molecule has 2 heterocycles. The van der Waals surface area contributed by atoms with Crippen LogP contribution in [-0.2, 0) is 31.7 Å². The molecule has 3 rings (SSSR count). The van der Waals surface area contributed by atoms with Gasteiger partial charge in [0.15, 0.2) is 14.9 Å². The molecule has 0 bridgehead atoms. The van der Waals surface area contributed by atoms with E-state index < -0.39 is 19.9 Å². The van der Waals surface area contributed by atoms with E-state index in [4.69, 9.17) is 0 Å². The van der Waals surface area contributed by atoms with Crippen molar-refractivity contribution in [2.24, 2.45) is 13.0 Å². The summed E-state index contributed by atoms with van der Waals surface area (Å²) in [6.07, 6.45) is 2.64. The van der Waals surface area contributed by atoms with Gasteiger partial charge in [-0.3, -0.25) is 4.79 Å². The first-order valence-corrected chi connectivity index (χ1v) is 13.3. The minimum Gasteiger partial charge on any atom is -0.356 e. The molecular weight excluding hydrogens is 440 g/mol. The maximum Gasteiger partial charge on any atom is 0.262 e. The number of rotatable bonds is 8. The minimum atomic E-state index is -3.67. The van der Waals surface area contributed by atoms with Crippen LogP contribution in [-0.4, -0.2) is 62.0 Å². The molecule has 1 aliphatic rings. The number of aromatic nitrogens is 2. The molecule has 11 heteroatoms. The molecule has 1 amide bonds. The average Bonchev–Trinajstić information content (AvgIpc) is 3.11. The van der Waals surface area contributed by atoms with E-state index in [9.17, 15) is 21.6 Å². The zero-order valence-corrected chi connectivity index (χ0v) is 19.3. The van der Waals surface area contributed by atoms with Crippen molar-refractivity contribution in [3.8, 4) is 0 Å². The van der Waals surface area contributed by atoms with E-state index in [1.165, 1.54) is 10.5 Å². The number of sulfone groups is 1. The number of carbonyl (C=O) groups excluding carboxylic acids is 1. The van der Waals surface area contributed by atoms with E-state index in [1.807, 2.05) is 0 Å². The van der Waals surface area contributed by atoms with Gasteiger partial charge in [-0.15, -0.1) is 0 Å². The maximum absolute atomic E-state index is 12.7. The number of hydrogen-bond donors (Lipinski definition) is 1. The van der Waals surface area contributed by atoms with Gasteiger partial charge in [-0.25, -0.2) is 21.8 Å². The number of amides is 1. The van der Waals surface area contributed by atoms with E-state index >= 15 is 0 Å². The van der Waals surface area contributed by atoms with Gasteiger partial charge in [0.25, 0.3) is 10.0 Å². The number of hydrogen-bond acceptors (Lipinski definition) is 6. The number of aryl methyl sites for hydroxylation is 2. The smallest absolute Gasteiger partial charge is 0.262 e. The third-order valence-corrected chi connectivity index (χ3v) is 9.09. The van der Waals surface area contributed by atoms with Crippen LogP contribution in [0.2, 0.25) is 0 Å². The van der Waals surface area contributed by atoms with Gasteiger partial charge in [-0.05, 0) is 38.3 Å². The molecule has 0 saturated carbocycles. The lowest BCUT2D eigenvalue weighted by atomic mass is 9.97. The summed E-state index contributed by atoms with van der Waals surface area (Å²) < 4.78 is 53.0. The molecule has 9 nitrogen and oxygen atoms in total. The number of nitrogens with zero attached hydrogens (tertiary/aromatic N) is 3. The third-order valence-electron chi connectivity index (χ3n) is 5.51. The fraction of sp³-hybridized carbons (Fsp3) is 0.500. The topological polar surface area (TPSA) is 118 Å². The normalized spacial score (nSPS) is 16.3. The minimum absolute atomic E-state index is 0.0232. The average molecular weight is 469 g/mol. The molecule has 0 radical (unpaired) electrons. The van der Waals surface area contributed by atoms with Crippen molar-refractivity contribution < 1.29 is 21.6 Å².